The van der Waals surface area contributed by atoms with Crippen LogP contribution in [0.3, 0.4) is 0 Å². The van der Waals surface area contributed by atoms with E-state index >= 15 is 0 Å². The molecule has 4 rings (SSSR count). The number of hydrogen-bond donors (Lipinski definition) is 1. The van der Waals surface area contributed by atoms with Crippen molar-refractivity contribution in [1.29, 1.82) is 0 Å². The first-order valence-electron chi connectivity index (χ1n) is 11.4. The molecule has 2 aromatic heterocycles. The predicted octanol–water partition coefficient (Wildman–Crippen LogP) is 5.38. The SMILES string of the molecule is Cc1ccccc1-c1nc(NS(=O)(=O)c2cccc(N(C)OC(=O)C3CCCCC3)n2)ccc1Cl. The number of carbonyl (C=O) groups excluding carboxylic acids is 1. The molecule has 0 spiro atoms. The third-order valence-corrected chi connectivity index (χ3v) is 7.52. The van der Waals surface area contributed by atoms with Crippen LogP contribution in [0.1, 0.15) is 37.7 Å². The van der Waals surface area contributed by atoms with Crippen molar-refractivity contribution >= 4 is 39.2 Å². The Morgan fingerprint density at radius 2 is 1.77 bits per heavy atom. The number of aryl methyl sites for hydroxylation is 1. The Morgan fingerprint density at radius 1 is 1.03 bits per heavy atom. The molecule has 1 N–H and O–H groups in total. The molecule has 0 radical (unpaired) electrons. The Balaban J connectivity index is 1.53. The summed E-state index contributed by atoms with van der Waals surface area (Å²) in [6.45, 7) is 1.93. The fourth-order valence-electron chi connectivity index (χ4n) is 4.04. The first-order valence-corrected chi connectivity index (χ1v) is 13.3. The smallest absolute Gasteiger partial charge is 0.335 e. The van der Waals surface area contributed by atoms with Crippen molar-refractivity contribution in [2.75, 3.05) is 16.8 Å². The topological polar surface area (TPSA) is 101 Å². The molecule has 35 heavy (non-hydrogen) atoms. The van der Waals surface area contributed by atoms with Crippen LogP contribution < -0.4 is 9.79 Å². The van der Waals surface area contributed by atoms with Gasteiger partial charge in [0.1, 0.15) is 5.82 Å². The molecule has 3 aromatic rings. The molecule has 0 saturated heterocycles. The average Bonchev–Trinajstić information content (AvgIpc) is 2.86. The minimum Gasteiger partial charge on any atom is -0.339 e. The zero-order valence-corrected chi connectivity index (χ0v) is 21.1. The van der Waals surface area contributed by atoms with Crippen LogP contribution in [0.5, 0.6) is 0 Å². The molecule has 184 valence electrons. The number of sulfonamides is 1. The molecule has 0 atom stereocenters. The largest absolute Gasteiger partial charge is 0.339 e. The second-order valence-corrected chi connectivity index (χ2v) is 10.6. The zero-order chi connectivity index (χ0) is 25.0. The van der Waals surface area contributed by atoms with Crippen molar-refractivity contribution in [3.05, 3.63) is 65.2 Å². The second kappa shape index (κ2) is 10.6. The van der Waals surface area contributed by atoms with E-state index in [4.69, 9.17) is 16.4 Å². The zero-order valence-electron chi connectivity index (χ0n) is 19.6. The highest BCUT2D eigenvalue weighted by Crippen LogP contribution is 2.30. The van der Waals surface area contributed by atoms with Crippen LogP contribution >= 0.6 is 11.6 Å². The highest BCUT2D eigenvalue weighted by molar-refractivity contribution is 7.92. The summed E-state index contributed by atoms with van der Waals surface area (Å²) in [5.74, 6) is -0.161. The van der Waals surface area contributed by atoms with Crippen LogP contribution in [0, 0.1) is 12.8 Å². The van der Waals surface area contributed by atoms with Crippen LogP contribution in [0.25, 0.3) is 11.3 Å². The van der Waals surface area contributed by atoms with Gasteiger partial charge >= 0.3 is 5.97 Å². The van der Waals surface area contributed by atoms with Gasteiger partial charge in [0.25, 0.3) is 10.0 Å². The third kappa shape index (κ3) is 5.91. The summed E-state index contributed by atoms with van der Waals surface area (Å²) in [5, 5.41) is 1.38. The van der Waals surface area contributed by atoms with Crippen LogP contribution in [0.2, 0.25) is 5.02 Å². The lowest BCUT2D eigenvalue weighted by Gasteiger charge is -2.23. The lowest BCUT2D eigenvalue weighted by molar-refractivity contribution is -0.150. The Hall–Kier alpha value is -3.17. The number of nitrogens with one attached hydrogen (secondary N) is 1. The average molecular weight is 515 g/mol. The van der Waals surface area contributed by atoms with Crippen LogP contribution in [0.4, 0.5) is 11.6 Å². The molecule has 8 nitrogen and oxygen atoms in total. The normalized spacial score (nSPS) is 14.4. The van der Waals surface area contributed by atoms with E-state index in [9.17, 15) is 13.2 Å². The number of anilines is 2. The lowest BCUT2D eigenvalue weighted by Crippen LogP contribution is -2.29. The van der Waals surface area contributed by atoms with Crippen molar-refractivity contribution in [1.82, 2.24) is 9.97 Å². The minimum atomic E-state index is -4.07. The number of benzene rings is 1. The first kappa shape index (κ1) is 24.9. The number of halogens is 1. The van der Waals surface area contributed by atoms with Gasteiger partial charge in [-0.3, -0.25) is 4.72 Å². The number of pyridine rings is 2. The number of hydroxylamine groups is 1. The van der Waals surface area contributed by atoms with Gasteiger partial charge in [0.05, 0.1) is 16.6 Å². The molecule has 1 aliphatic carbocycles. The Morgan fingerprint density at radius 3 is 2.51 bits per heavy atom. The predicted molar refractivity (Wildman–Crippen MR) is 136 cm³/mol. The van der Waals surface area contributed by atoms with Gasteiger partial charge in [0, 0.05) is 12.6 Å². The molecule has 1 fully saturated rings. The molecule has 2 heterocycles. The van der Waals surface area contributed by atoms with Gasteiger partial charge in [-0.1, -0.05) is 61.2 Å². The Bertz CT molecular complexity index is 1330. The van der Waals surface area contributed by atoms with Gasteiger partial charge in [-0.2, -0.15) is 13.5 Å². The van der Waals surface area contributed by atoms with Crippen LogP contribution in [0.15, 0.2) is 59.6 Å². The van der Waals surface area contributed by atoms with Gasteiger partial charge in [0.15, 0.2) is 10.8 Å². The van der Waals surface area contributed by atoms with E-state index in [0.29, 0.717) is 10.7 Å². The van der Waals surface area contributed by atoms with E-state index < -0.39 is 10.0 Å². The molecule has 1 aromatic carbocycles. The Labute approximate surface area is 210 Å². The van der Waals surface area contributed by atoms with Crippen molar-refractivity contribution < 1.29 is 18.0 Å². The molecular formula is C25H27ClN4O4S. The molecule has 1 saturated carbocycles. The van der Waals surface area contributed by atoms with E-state index in [2.05, 4.69) is 14.7 Å². The Kier molecular flexibility index (Phi) is 7.57. The van der Waals surface area contributed by atoms with Crippen molar-refractivity contribution in [2.24, 2.45) is 5.92 Å². The molecule has 0 aliphatic heterocycles. The number of rotatable bonds is 7. The van der Waals surface area contributed by atoms with Crippen molar-refractivity contribution in [3.8, 4) is 11.3 Å². The van der Waals surface area contributed by atoms with Crippen LogP contribution in [-0.4, -0.2) is 31.4 Å². The summed E-state index contributed by atoms with van der Waals surface area (Å²) in [6.07, 6.45) is 4.74. The summed E-state index contributed by atoms with van der Waals surface area (Å²) in [7, 11) is -2.54. The number of hydrogen-bond acceptors (Lipinski definition) is 7. The molecule has 0 bridgehead atoms. The van der Waals surface area contributed by atoms with E-state index in [-0.39, 0.29) is 28.5 Å². The first-order chi connectivity index (χ1) is 16.7. The second-order valence-electron chi connectivity index (χ2n) is 8.52. The highest BCUT2D eigenvalue weighted by Gasteiger charge is 2.25. The molecule has 10 heteroatoms. The quantitative estimate of drug-likeness (QED) is 0.422. The minimum absolute atomic E-state index is 0.108. The van der Waals surface area contributed by atoms with E-state index in [0.717, 1.165) is 43.2 Å². The molecule has 0 unspecified atom stereocenters. The molecule has 1 aliphatic rings. The maximum atomic E-state index is 13.1. The summed E-state index contributed by atoms with van der Waals surface area (Å²) in [5.41, 5.74) is 2.24. The van der Waals surface area contributed by atoms with Gasteiger partial charge in [0.2, 0.25) is 0 Å². The van der Waals surface area contributed by atoms with E-state index in [1.807, 2.05) is 31.2 Å². The third-order valence-electron chi connectivity index (χ3n) is 5.96. The summed E-state index contributed by atoms with van der Waals surface area (Å²) >= 11 is 6.35. The maximum absolute atomic E-state index is 13.1. The van der Waals surface area contributed by atoms with Crippen molar-refractivity contribution in [3.63, 3.8) is 0 Å². The molecule has 0 amide bonds. The summed E-state index contributed by atoms with van der Waals surface area (Å²) < 4.78 is 28.6. The van der Waals surface area contributed by atoms with Gasteiger partial charge in [-0.25, -0.2) is 14.8 Å². The lowest BCUT2D eigenvalue weighted by atomic mass is 9.89. The van der Waals surface area contributed by atoms with Crippen LogP contribution in [-0.2, 0) is 19.7 Å². The summed E-state index contributed by atoms with van der Waals surface area (Å²) in [4.78, 5) is 26.5. The van der Waals surface area contributed by atoms with E-state index in [1.165, 1.54) is 30.3 Å². The standard InChI is InChI=1S/C25H27ClN4O4S/c1-17-9-6-7-12-19(17)24-20(26)15-16-21(27-24)29-35(32,33)23-14-8-13-22(28-23)30(2)34-25(31)18-10-4-3-5-11-18/h6-9,12-16,18H,3-5,10-11H2,1-2H3,(H,27,29). The van der Waals surface area contributed by atoms with Crippen molar-refractivity contribution in [2.45, 2.75) is 44.1 Å². The highest BCUT2D eigenvalue weighted by atomic mass is 35.5. The monoisotopic (exact) mass is 514 g/mol. The van der Waals surface area contributed by atoms with Gasteiger partial charge in [-0.05, 0) is 49.6 Å². The fourth-order valence-corrected chi connectivity index (χ4v) is 5.21. The van der Waals surface area contributed by atoms with Gasteiger partial charge < -0.3 is 4.84 Å². The van der Waals surface area contributed by atoms with Gasteiger partial charge in [-0.15, -0.1) is 0 Å². The summed E-state index contributed by atoms with van der Waals surface area (Å²) in [6, 6.07) is 15.1. The fraction of sp³-hybridized carbons (Fsp3) is 0.320. The number of aromatic nitrogens is 2. The number of carbonyl (C=O) groups is 1. The number of nitrogens with zero attached hydrogens (tertiary/aromatic N) is 3. The maximum Gasteiger partial charge on any atom is 0.335 e. The van der Waals surface area contributed by atoms with E-state index in [1.54, 1.807) is 12.1 Å². The molecular weight excluding hydrogens is 488 g/mol.